The summed E-state index contributed by atoms with van der Waals surface area (Å²) in [6.45, 7) is 6.00. The lowest BCUT2D eigenvalue weighted by Gasteiger charge is -2.34. The molecule has 0 bridgehead atoms. The fraction of sp³-hybridized carbons (Fsp3) is 0.800. The minimum absolute atomic E-state index is 0.0197. The molecule has 16 heavy (non-hydrogen) atoms. The summed E-state index contributed by atoms with van der Waals surface area (Å²) in [6.07, 6.45) is 0.670. The molecule has 6 heteroatoms. The minimum Gasteiger partial charge on any atom is -0.364 e. The Morgan fingerprint density at radius 2 is 2.44 bits per heavy atom. The first kappa shape index (κ1) is 11.2. The minimum atomic E-state index is -0.270. The quantitative estimate of drug-likeness (QED) is 0.569. The van der Waals surface area contributed by atoms with Crippen molar-refractivity contribution in [2.75, 3.05) is 19.7 Å². The van der Waals surface area contributed by atoms with Gasteiger partial charge in [0, 0.05) is 26.1 Å². The molecule has 0 unspecified atom stereocenters. The van der Waals surface area contributed by atoms with Gasteiger partial charge in [-0.2, -0.15) is 0 Å². The maximum atomic E-state index is 11.0. The van der Waals surface area contributed by atoms with Gasteiger partial charge in [-0.1, -0.05) is 6.92 Å². The first-order valence-corrected chi connectivity index (χ1v) is 5.65. The smallest absolute Gasteiger partial charge is 0.288 e. The summed E-state index contributed by atoms with van der Waals surface area (Å²) in [6, 6.07) is 0. The van der Waals surface area contributed by atoms with E-state index in [1.165, 1.54) is 0 Å². The highest BCUT2D eigenvalue weighted by molar-refractivity contribution is 5.15. The molecule has 0 aromatic rings. The lowest BCUT2D eigenvalue weighted by atomic mass is 9.98. The predicted molar refractivity (Wildman–Crippen MR) is 57.9 cm³/mol. The van der Waals surface area contributed by atoms with E-state index in [-0.39, 0.29) is 17.1 Å². The van der Waals surface area contributed by atoms with Gasteiger partial charge in [-0.3, -0.25) is 10.1 Å². The number of nitro groups is 1. The second-order valence-electron chi connectivity index (χ2n) is 4.16. The summed E-state index contributed by atoms with van der Waals surface area (Å²) in [7, 11) is 0. The summed E-state index contributed by atoms with van der Waals surface area (Å²) in [5.74, 6) is 0.589. The summed E-state index contributed by atoms with van der Waals surface area (Å²) in [5.41, 5.74) is 0.299. The summed E-state index contributed by atoms with van der Waals surface area (Å²) in [5, 5.41) is 14.1. The van der Waals surface area contributed by atoms with Gasteiger partial charge in [0.25, 0.3) is 5.70 Å². The van der Waals surface area contributed by atoms with E-state index in [4.69, 9.17) is 4.74 Å². The van der Waals surface area contributed by atoms with Gasteiger partial charge in [0.2, 0.25) is 0 Å². The molecule has 1 saturated heterocycles. The molecule has 0 aromatic heterocycles. The summed E-state index contributed by atoms with van der Waals surface area (Å²) in [4.78, 5) is 12.7. The van der Waals surface area contributed by atoms with Crippen molar-refractivity contribution in [2.45, 2.75) is 26.5 Å². The van der Waals surface area contributed by atoms with Crippen LogP contribution in [0.5, 0.6) is 0 Å². The molecular formula is C10H17N3O3. The lowest BCUT2D eigenvalue weighted by molar-refractivity contribution is -0.438. The number of allylic oxidation sites excluding steroid dienone is 1. The summed E-state index contributed by atoms with van der Waals surface area (Å²) >= 11 is 0. The maximum Gasteiger partial charge on any atom is 0.288 e. The molecule has 90 valence electrons. The fourth-order valence-corrected chi connectivity index (χ4v) is 2.43. The van der Waals surface area contributed by atoms with Crippen molar-refractivity contribution in [2.24, 2.45) is 5.92 Å². The number of hydrogen-bond donors (Lipinski definition) is 1. The second kappa shape index (κ2) is 4.29. The molecule has 2 atom stereocenters. The van der Waals surface area contributed by atoms with Crippen molar-refractivity contribution in [1.29, 1.82) is 0 Å². The topological polar surface area (TPSA) is 67.6 Å². The van der Waals surface area contributed by atoms with Crippen LogP contribution in [0, 0.1) is 16.0 Å². The average molecular weight is 227 g/mol. The Kier molecular flexibility index (Phi) is 3.00. The Labute approximate surface area is 94.4 Å². The van der Waals surface area contributed by atoms with Gasteiger partial charge in [-0.25, -0.2) is 0 Å². The van der Waals surface area contributed by atoms with Gasteiger partial charge < -0.3 is 15.0 Å². The van der Waals surface area contributed by atoms with Crippen LogP contribution >= 0.6 is 0 Å². The number of nitrogens with one attached hydrogen (secondary N) is 1. The van der Waals surface area contributed by atoms with E-state index >= 15 is 0 Å². The van der Waals surface area contributed by atoms with E-state index in [0.717, 1.165) is 13.1 Å². The van der Waals surface area contributed by atoms with Crippen molar-refractivity contribution >= 4 is 0 Å². The third-order valence-electron chi connectivity index (χ3n) is 3.10. The van der Waals surface area contributed by atoms with Crippen LogP contribution in [-0.2, 0) is 4.74 Å². The van der Waals surface area contributed by atoms with Gasteiger partial charge in [-0.15, -0.1) is 0 Å². The highest BCUT2D eigenvalue weighted by Crippen LogP contribution is 2.32. The molecule has 0 radical (unpaired) electrons. The molecule has 0 aliphatic carbocycles. The second-order valence-corrected chi connectivity index (χ2v) is 4.16. The van der Waals surface area contributed by atoms with Gasteiger partial charge >= 0.3 is 0 Å². The highest BCUT2D eigenvalue weighted by Gasteiger charge is 2.41. The Bertz CT molecular complexity index is 329. The van der Waals surface area contributed by atoms with Crippen molar-refractivity contribution in [3.05, 3.63) is 21.6 Å². The first-order chi connectivity index (χ1) is 7.65. The Hall–Kier alpha value is -1.30. The molecule has 2 aliphatic heterocycles. The van der Waals surface area contributed by atoms with Crippen molar-refractivity contribution < 1.29 is 9.66 Å². The van der Waals surface area contributed by atoms with Gasteiger partial charge in [0.15, 0.2) is 5.82 Å². The van der Waals surface area contributed by atoms with Crippen LogP contribution < -0.4 is 5.32 Å². The Balaban J connectivity index is 2.30. The van der Waals surface area contributed by atoms with Crippen LogP contribution in [0.15, 0.2) is 11.5 Å². The lowest BCUT2D eigenvalue weighted by Crippen LogP contribution is -2.42. The SMILES string of the molecule is CCO[C@@H]1C[C@H](C)C([N+](=O)[O-])=C2NCCN21. The van der Waals surface area contributed by atoms with E-state index in [9.17, 15) is 10.1 Å². The number of rotatable bonds is 3. The van der Waals surface area contributed by atoms with Gasteiger partial charge in [-0.05, 0) is 6.92 Å². The third-order valence-corrected chi connectivity index (χ3v) is 3.10. The number of fused-ring (bicyclic) bond motifs is 1. The van der Waals surface area contributed by atoms with E-state index < -0.39 is 0 Å². The van der Waals surface area contributed by atoms with Crippen LogP contribution in [0.3, 0.4) is 0 Å². The summed E-state index contributed by atoms with van der Waals surface area (Å²) < 4.78 is 5.62. The maximum absolute atomic E-state index is 11.0. The van der Waals surface area contributed by atoms with Crippen LogP contribution in [0.2, 0.25) is 0 Å². The Morgan fingerprint density at radius 1 is 1.69 bits per heavy atom. The molecule has 0 spiro atoms. The number of hydrogen-bond acceptors (Lipinski definition) is 5. The molecule has 0 saturated carbocycles. The molecule has 0 amide bonds. The van der Waals surface area contributed by atoms with Gasteiger partial charge in [0.05, 0.1) is 10.8 Å². The largest absolute Gasteiger partial charge is 0.364 e. The van der Waals surface area contributed by atoms with Crippen LogP contribution in [0.25, 0.3) is 0 Å². The number of nitrogens with zero attached hydrogens (tertiary/aromatic N) is 2. The van der Waals surface area contributed by atoms with Crippen LogP contribution in [0.4, 0.5) is 0 Å². The zero-order chi connectivity index (χ0) is 11.7. The van der Waals surface area contributed by atoms with E-state index in [1.54, 1.807) is 0 Å². The molecule has 1 N–H and O–H groups in total. The van der Waals surface area contributed by atoms with Crippen LogP contribution in [-0.4, -0.2) is 35.7 Å². The number of ether oxygens (including phenoxy) is 1. The molecule has 0 aromatic carbocycles. The molecule has 2 aliphatic rings. The zero-order valence-corrected chi connectivity index (χ0v) is 9.60. The zero-order valence-electron chi connectivity index (χ0n) is 9.60. The molecule has 1 fully saturated rings. The molecule has 6 nitrogen and oxygen atoms in total. The Morgan fingerprint density at radius 3 is 3.06 bits per heavy atom. The highest BCUT2D eigenvalue weighted by atomic mass is 16.6. The third kappa shape index (κ3) is 1.73. The molecule has 2 rings (SSSR count). The normalized spacial score (nSPS) is 29.0. The fourth-order valence-electron chi connectivity index (χ4n) is 2.43. The van der Waals surface area contributed by atoms with E-state index in [2.05, 4.69) is 5.32 Å². The van der Waals surface area contributed by atoms with Gasteiger partial charge in [0.1, 0.15) is 6.23 Å². The standard InChI is InChI=1S/C10H17N3O3/c1-3-16-8-6-7(2)9(13(14)15)10-11-4-5-12(8)10/h7-8,11H,3-6H2,1-2H3/t7-,8+/m0/s1. The first-order valence-electron chi connectivity index (χ1n) is 5.65. The van der Waals surface area contributed by atoms with Crippen molar-refractivity contribution in [3.63, 3.8) is 0 Å². The predicted octanol–water partition coefficient (Wildman–Crippen LogP) is 0.740. The van der Waals surface area contributed by atoms with Crippen molar-refractivity contribution in [3.8, 4) is 0 Å². The van der Waals surface area contributed by atoms with E-state index in [1.807, 2.05) is 18.7 Å². The monoisotopic (exact) mass is 227 g/mol. The molecule has 2 heterocycles. The average Bonchev–Trinajstić information content (AvgIpc) is 2.65. The van der Waals surface area contributed by atoms with E-state index in [0.29, 0.717) is 24.5 Å². The van der Waals surface area contributed by atoms with Crippen molar-refractivity contribution in [1.82, 2.24) is 10.2 Å². The molecular weight excluding hydrogens is 210 g/mol. The van der Waals surface area contributed by atoms with Crippen LogP contribution in [0.1, 0.15) is 20.3 Å².